The van der Waals surface area contributed by atoms with Gasteiger partial charge in [-0.2, -0.15) is 21.4 Å². The van der Waals surface area contributed by atoms with Gasteiger partial charge in [0.25, 0.3) is 20.2 Å². The van der Waals surface area contributed by atoms with E-state index in [4.69, 9.17) is 0 Å². The van der Waals surface area contributed by atoms with Crippen LogP contribution in [0, 0.1) is 0 Å². The molecule has 14 heteroatoms. The summed E-state index contributed by atoms with van der Waals surface area (Å²) in [5, 5.41) is 0.572. The molecule has 0 aromatic heterocycles. The Balaban J connectivity index is 0.000000479. The van der Waals surface area contributed by atoms with E-state index in [9.17, 15) is 38.9 Å². The van der Waals surface area contributed by atoms with E-state index in [-0.39, 0.29) is 12.0 Å². The summed E-state index contributed by atoms with van der Waals surface area (Å²) in [6.45, 7) is 9.90. The molecule has 11 nitrogen and oxygen atoms in total. The second-order valence-electron chi connectivity index (χ2n) is 7.70. The molecule has 2 aromatic rings. The van der Waals surface area contributed by atoms with Gasteiger partial charge in [0.1, 0.15) is 11.4 Å². The molecule has 1 aliphatic heterocycles. The fourth-order valence-corrected chi connectivity index (χ4v) is 5.49. The van der Waals surface area contributed by atoms with E-state index >= 15 is 0 Å². The van der Waals surface area contributed by atoms with Crippen molar-refractivity contribution in [2.75, 3.05) is 13.2 Å². The first-order valence-electron chi connectivity index (χ1n) is 9.64. The van der Waals surface area contributed by atoms with Crippen molar-refractivity contribution < 1.29 is 47.7 Å². The first kappa shape index (κ1) is 27.3. The van der Waals surface area contributed by atoms with E-state index in [0.717, 1.165) is 23.0 Å². The first-order valence-corrected chi connectivity index (χ1v) is 13.9. The average Bonchev–Trinajstić information content (AvgIpc) is 2.84. The summed E-state index contributed by atoms with van der Waals surface area (Å²) in [6.07, 6.45) is 0. The number of hydrogen-bond donors (Lipinski definition) is 2. The Bertz CT molecular complexity index is 1450. The van der Waals surface area contributed by atoms with Crippen molar-refractivity contribution in [3.05, 3.63) is 29.8 Å². The van der Waals surface area contributed by atoms with Crippen molar-refractivity contribution in [2.45, 2.75) is 49.8 Å². The molecule has 2 N–H and O–H groups in total. The van der Waals surface area contributed by atoms with Crippen LogP contribution in [0.3, 0.4) is 0 Å². The monoisotopic (exact) mass is 523 g/mol. The summed E-state index contributed by atoms with van der Waals surface area (Å²) in [5.41, 5.74) is 2.15. The predicted octanol–water partition coefficient (Wildman–Crippen LogP) is 2.23. The quantitative estimate of drug-likeness (QED) is 0.335. The zero-order valence-corrected chi connectivity index (χ0v) is 21.0. The zero-order chi connectivity index (χ0) is 25.6. The van der Waals surface area contributed by atoms with Crippen molar-refractivity contribution >= 4 is 52.8 Å². The molecule has 0 radical (unpaired) electrons. The third-order valence-corrected chi connectivity index (χ3v) is 7.68. The molecule has 0 saturated carbocycles. The Kier molecular flexibility index (Phi) is 7.46. The summed E-state index contributed by atoms with van der Waals surface area (Å²) in [4.78, 5) is -1.12. The topological polar surface area (TPSA) is 178 Å². The van der Waals surface area contributed by atoms with Gasteiger partial charge in [0.15, 0.2) is 5.71 Å². The maximum absolute atomic E-state index is 11.8. The number of rotatable bonds is 5. The van der Waals surface area contributed by atoms with Gasteiger partial charge in [-0.1, -0.05) is 0 Å². The van der Waals surface area contributed by atoms with Gasteiger partial charge < -0.3 is 4.55 Å². The van der Waals surface area contributed by atoms with Gasteiger partial charge in [-0.3, -0.25) is 13.3 Å². The molecule has 2 aromatic carbocycles. The zero-order valence-electron chi connectivity index (χ0n) is 18.6. The molecule has 3 rings (SSSR count). The lowest BCUT2D eigenvalue weighted by molar-refractivity contribution is -0.434. The predicted molar refractivity (Wildman–Crippen MR) is 119 cm³/mol. The molecule has 0 spiro atoms. The summed E-state index contributed by atoms with van der Waals surface area (Å²) in [7, 11) is -13.8. The minimum Gasteiger partial charge on any atom is -0.726 e. The third-order valence-electron chi connectivity index (χ3n) is 5.43. The Labute approximate surface area is 193 Å². The van der Waals surface area contributed by atoms with Gasteiger partial charge in [-0.25, -0.2) is 8.42 Å². The van der Waals surface area contributed by atoms with E-state index in [1.54, 1.807) is 12.1 Å². The molecule has 184 valence electrons. The SMILES string of the molecule is CCOS(=O)(=O)[O-].CC[N+]1=C(C)C(C)(C)c2c1ccc1c(S(=O)(=O)O)cc(S(=O)(=O)O)cc21. The first-order chi connectivity index (χ1) is 14.9. The van der Waals surface area contributed by atoms with Gasteiger partial charge >= 0.3 is 0 Å². The smallest absolute Gasteiger partial charge is 0.295 e. The normalized spacial score (nSPS) is 15.9. The lowest BCUT2D eigenvalue weighted by Gasteiger charge is -2.18. The van der Waals surface area contributed by atoms with Gasteiger partial charge in [0.05, 0.1) is 16.9 Å². The maximum Gasteiger partial charge on any atom is 0.295 e. The van der Waals surface area contributed by atoms with Crippen LogP contribution in [-0.4, -0.2) is 62.4 Å². The van der Waals surface area contributed by atoms with Crippen molar-refractivity contribution in [1.29, 1.82) is 0 Å². The Morgan fingerprint density at radius 3 is 1.94 bits per heavy atom. The van der Waals surface area contributed by atoms with Crippen LogP contribution in [0.25, 0.3) is 10.8 Å². The molecule has 0 aliphatic carbocycles. The second kappa shape index (κ2) is 9.02. The third kappa shape index (κ3) is 5.59. The van der Waals surface area contributed by atoms with Crippen molar-refractivity contribution in [2.24, 2.45) is 0 Å². The summed E-state index contributed by atoms with van der Waals surface area (Å²) < 4.78 is 100. The number of nitrogens with zero attached hydrogens (tertiary/aromatic N) is 1. The van der Waals surface area contributed by atoms with Crippen LogP contribution >= 0.6 is 0 Å². The second-order valence-corrected chi connectivity index (χ2v) is 11.6. The van der Waals surface area contributed by atoms with Crippen LogP contribution in [0.4, 0.5) is 5.69 Å². The van der Waals surface area contributed by atoms with E-state index < -0.39 is 45.8 Å². The van der Waals surface area contributed by atoms with E-state index in [1.807, 2.05) is 27.7 Å². The molecule has 1 heterocycles. The number of fused-ring (bicyclic) bond motifs is 3. The lowest BCUT2D eigenvalue weighted by atomic mass is 9.80. The van der Waals surface area contributed by atoms with Crippen LogP contribution in [-0.2, 0) is 40.2 Å². The fourth-order valence-electron chi connectivity index (χ4n) is 3.86. The summed E-state index contributed by atoms with van der Waals surface area (Å²) >= 11 is 0. The van der Waals surface area contributed by atoms with E-state index in [2.05, 4.69) is 8.76 Å². The molecule has 0 bridgehead atoms. The maximum atomic E-state index is 11.8. The minimum atomic E-state index is -4.70. The highest BCUT2D eigenvalue weighted by Crippen LogP contribution is 2.45. The molecule has 33 heavy (non-hydrogen) atoms. The van der Waals surface area contributed by atoms with Crippen LogP contribution < -0.4 is 0 Å². The lowest BCUT2D eigenvalue weighted by Crippen LogP contribution is -2.26. The molecular formula is C19H25NO10S3. The van der Waals surface area contributed by atoms with Crippen molar-refractivity contribution in [3.8, 4) is 0 Å². The largest absolute Gasteiger partial charge is 0.726 e. The van der Waals surface area contributed by atoms with Gasteiger partial charge in [0, 0.05) is 23.9 Å². The van der Waals surface area contributed by atoms with E-state index in [1.165, 1.54) is 13.0 Å². The van der Waals surface area contributed by atoms with Gasteiger partial charge in [-0.15, -0.1) is 0 Å². The van der Waals surface area contributed by atoms with Gasteiger partial charge in [-0.05, 0) is 51.3 Å². The van der Waals surface area contributed by atoms with Crippen LogP contribution in [0.15, 0.2) is 34.1 Å². The van der Waals surface area contributed by atoms with E-state index in [0.29, 0.717) is 11.9 Å². The highest BCUT2D eigenvalue weighted by atomic mass is 32.3. The molecule has 0 unspecified atom stereocenters. The van der Waals surface area contributed by atoms with Crippen LogP contribution in [0.5, 0.6) is 0 Å². The molecule has 0 atom stereocenters. The Morgan fingerprint density at radius 1 is 0.970 bits per heavy atom. The molecular weight excluding hydrogens is 498 g/mol. The standard InChI is InChI=1S/C17H19NO6S2.C2H6O4S/c1-5-18-10(2)17(3,4)16-13-8-11(25(19,20)21)9-15(26(22,23)24)12(13)6-7-14(16)18;1-2-6-7(3,4)5/h6-9H,5H2,1-4H3,(H-,19,20,21,22,23,24);2H2,1H3,(H,3,4,5). The Morgan fingerprint density at radius 2 is 1.55 bits per heavy atom. The fraction of sp³-hybridized carbons (Fsp3) is 0.421. The molecule has 0 saturated heterocycles. The van der Waals surface area contributed by atoms with Crippen molar-refractivity contribution in [3.63, 3.8) is 0 Å². The number of benzene rings is 2. The van der Waals surface area contributed by atoms with Crippen LogP contribution in [0.1, 0.15) is 40.2 Å². The average molecular weight is 524 g/mol. The highest BCUT2D eigenvalue weighted by Gasteiger charge is 2.44. The highest BCUT2D eigenvalue weighted by molar-refractivity contribution is 7.86. The molecule has 0 amide bonds. The summed E-state index contributed by atoms with van der Waals surface area (Å²) in [5.74, 6) is 0. The van der Waals surface area contributed by atoms with Crippen LogP contribution in [0.2, 0.25) is 0 Å². The summed E-state index contributed by atoms with van der Waals surface area (Å²) in [6, 6.07) is 5.34. The van der Waals surface area contributed by atoms with Gasteiger partial charge in [0.2, 0.25) is 16.1 Å². The minimum absolute atomic E-state index is 0.0914. The molecule has 0 fully saturated rings. The molecule has 1 aliphatic rings. The van der Waals surface area contributed by atoms with Crippen molar-refractivity contribution in [1.82, 2.24) is 0 Å². The Hall–Kier alpha value is -1.94. The number of hydrogen-bond acceptors (Lipinski definition) is 8.